The van der Waals surface area contributed by atoms with Crippen molar-refractivity contribution in [3.8, 4) is 11.5 Å². The number of para-hydroxylation sites is 2. The van der Waals surface area contributed by atoms with Crippen molar-refractivity contribution in [1.82, 2.24) is 4.98 Å². The van der Waals surface area contributed by atoms with Gasteiger partial charge in [-0.25, -0.2) is 9.78 Å². The molecule has 0 radical (unpaired) electrons. The number of nitrogens with zero attached hydrogens (tertiary/aromatic N) is 1. The summed E-state index contributed by atoms with van der Waals surface area (Å²) < 4.78 is 21.1. The average molecular weight is 339 g/mol. The average Bonchev–Trinajstić information content (AvgIpc) is 3.07. The molecule has 25 heavy (non-hydrogen) atoms. The standard InChI is InChI=1S/C19H17NO5/c1-22-14-8-9-16(23-2)13(11-14)7-10-19(21)24-12-18-20-15-5-3-4-6-17(15)25-18/h3-11H,12H2,1-2H3/b10-7+. The summed E-state index contributed by atoms with van der Waals surface area (Å²) in [5.74, 6) is 1.14. The van der Waals surface area contributed by atoms with E-state index in [1.807, 2.05) is 24.3 Å². The van der Waals surface area contributed by atoms with Crippen LogP contribution in [0.2, 0.25) is 0 Å². The molecule has 0 aliphatic rings. The van der Waals surface area contributed by atoms with Crippen molar-refractivity contribution >= 4 is 23.1 Å². The lowest BCUT2D eigenvalue weighted by molar-refractivity contribution is -0.139. The fourth-order valence-corrected chi connectivity index (χ4v) is 2.29. The first-order chi connectivity index (χ1) is 12.2. The Morgan fingerprint density at radius 2 is 2.00 bits per heavy atom. The highest BCUT2D eigenvalue weighted by atomic mass is 16.5. The Labute approximate surface area is 144 Å². The summed E-state index contributed by atoms with van der Waals surface area (Å²) in [7, 11) is 3.13. The number of aromatic nitrogens is 1. The van der Waals surface area contributed by atoms with E-state index in [2.05, 4.69) is 4.98 Å². The summed E-state index contributed by atoms with van der Waals surface area (Å²) in [5, 5.41) is 0. The molecular formula is C19H17NO5. The van der Waals surface area contributed by atoms with Gasteiger partial charge in [0.15, 0.2) is 12.2 Å². The van der Waals surface area contributed by atoms with Crippen LogP contribution < -0.4 is 9.47 Å². The molecule has 6 nitrogen and oxygen atoms in total. The normalized spacial score (nSPS) is 11.0. The van der Waals surface area contributed by atoms with Gasteiger partial charge in [-0.05, 0) is 36.4 Å². The summed E-state index contributed by atoms with van der Waals surface area (Å²) in [5.41, 5.74) is 2.09. The maximum Gasteiger partial charge on any atom is 0.331 e. The van der Waals surface area contributed by atoms with Crippen molar-refractivity contribution in [2.45, 2.75) is 6.61 Å². The number of hydrogen-bond donors (Lipinski definition) is 0. The quantitative estimate of drug-likeness (QED) is 0.505. The monoisotopic (exact) mass is 339 g/mol. The molecule has 6 heteroatoms. The lowest BCUT2D eigenvalue weighted by Crippen LogP contribution is -2.01. The highest BCUT2D eigenvalue weighted by Crippen LogP contribution is 2.25. The van der Waals surface area contributed by atoms with Gasteiger partial charge in [-0.1, -0.05) is 12.1 Å². The maximum absolute atomic E-state index is 11.9. The molecule has 0 N–H and O–H groups in total. The molecule has 0 atom stereocenters. The number of rotatable bonds is 6. The molecule has 0 fully saturated rings. The molecule has 0 aliphatic carbocycles. The molecule has 128 valence electrons. The molecule has 0 bridgehead atoms. The first-order valence-electron chi connectivity index (χ1n) is 7.61. The van der Waals surface area contributed by atoms with Crippen molar-refractivity contribution in [3.63, 3.8) is 0 Å². The molecule has 1 aromatic heterocycles. The molecule has 0 spiro atoms. The van der Waals surface area contributed by atoms with Gasteiger partial charge < -0.3 is 18.6 Å². The molecule has 3 rings (SSSR count). The minimum atomic E-state index is -0.507. The number of methoxy groups -OCH3 is 2. The third-order valence-corrected chi connectivity index (χ3v) is 3.51. The molecule has 1 heterocycles. The van der Waals surface area contributed by atoms with Crippen molar-refractivity contribution in [2.75, 3.05) is 14.2 Å². The Balaban J connectivity index is 1.65. The van der Waals surface area contributed by atoms with E-state index in [-0.39, 0.29) is 6.61 Å². The summed E-state index contributed by atoms with van der Waals surface area (Å²) in [6.45, 7) is -0.0346. The van der Waals surface area contributed by atoms with Crippen LogP contribution in [-0.4, -0.2) is 25.2 Å². The van der Waals surface area contributed by atoms with Crippen LogP contribution in [0, 0.1) is 0 Å². The largest absolute Gasteiger partial charge is 0.497 e. The number of oxazole rings is 1. The van der Waals surface area contributed by atoms with Gasteiger partial charge in [0.05, 0.1) is 14.2 Å². The second kappa shape index (κ2) is 7.53. The third kappa shape index (κ3) is 3.98. The van der Waals surface area contributed by atoms with Crippen LogP contribution in [0.1, 0.15) is 11.5 Å². The van der Waals surface area contributed by atoms with Gasteiger partial charge in [-0.2, -0.15) is 0 Å². The van der Waals surface area contributed by atoms with Gasteiger partial charge in [-0.15, -0.1) is 0 Å². The smallest absolute Gasteiger partial charge is 0.331 e. The second-order valence-electron chi connectivity index (χ2n) is 5.12. The van der Waals surface area contributed by atoms with Crippen molar-refractivity contribution in [3.05, 3.63) is 60.0 Å². The van der Waals surface area contributed by atoms with E-state index in [4.69, 9.17) is 18.6 Å². The number of hydrogen-bond acceptors (Lipinski definition) is 6. The van der Waals surface area contributed by atoms with E-state index in [1.54, 1.807) is 38.5 Å². The molecule has 0 saturated heterocycles. The SMILES string of the molecule is COc1ccc(OC)c(/C=C/C(=O)OCc2nc3ccccc3o2)c1. The van der Waals surface area contributed by atoms with Crippen LogP contribution in [0.4, 0.5) is 0 Å². The number of ether oxygens (including phenoxy) is 3. The molecule has 0 aliphatic heterocycles. The predicted octanol–water partition coefficient (Wildman–Crippen LogP) is 3.60. The van der Waals surface area contributed by atoms with Crippen LogP contribution >= 0.6 is 0 Å². The number of carbonyl (C=O) groups is 1. The second-order valence-corrected chi connectivity index (χ2v) is 5.12. The highest BCUT2D eigenvalue weighted by Gasteiger charge is 2.08. The zero-order valence-corrected chi connectivity index (χ0v) is 13.9. The van der Waals surface area contributed by atoms with Crippen molar-refractivity contribution in [1.29, 1.82) is 0 Å². The van der Waals surface area contributed by atoms with Gasteiger partial charge in [0.1, 0.15) is 17.0 Å². The minimum absolute atomic E-state index is 0.0346. The summed E-state index contributed by atoms with van der Waals surface area (Å²) in [4.78, 5) is 16.2. The van der Waals surface area contributed by atoms with E-state index in [0.29, 0.717) is 28.5 Å². The summed E-state index contributed by atoms with van der Waals surface area (Å²) in [6, 6.07) is 12.7. The zero-order valence-electron chi connectivity index (χ0n) is 13.9. The molecule has 3 aromatic rings. The number of esters is 1. The fourth-order valence-electron chi connectivity index (χ4n) is 2.29. The molecular weight excluding hydrogens is 322 g/mol. The van der Waals surface area contributed by atoms with Crippen molar-refractivity contribution < 1.29 is 23.4 Å². The van der Waals surface area contributed by atoms with E-state index in [1.165, 1.54) is 6.08 Å². The first kappa shape index (κ1) is 16.6. The van der Waals surface area contributed by atoms with Gasteiger partial charge in [0.2, 0.25) is 5.89 Å². The van der Waals surface area contributed by atoms with Gasteiger partial charge >= 0.3 is 5.97 Å². The van der Waals surface area contributed by atoms with Crippen LogP contribution in [0.15, 0.2) is 53.0 Å². The minimum Gasteiger partial charge on any atom is -0.497 e. The van der Waals surface area contributed by atoms with Crippen LogP contribution in [0.25, 0.3) is 17.2 Å². The first-order valence-corrected chi connectivity index (χ1v) is 7.61. The lowest BCUT2D eigenvalue weighted by Gasteiger charge is -2.07. The van der Waals surface area contributed by atoms with E-state index < -0.39 is 5.97 Å². The van der Waals surface area contributed by atoms with E-state index >= 15 is 0 Å². The topological polar surface area (TPSA) is 70.8 Å². The summed E-state index contributed by atoms with van der Waals surface area (Å²) >= 11 is 0. The number of carbonyl (C=O) groups excluding carboxylic acids is 1. The summed E-state index contributed by atoms with van der Waals surface area (Å²) in [6.07, 6.45) is 2.93. The van der Waals surface area contributed by atoms with E-state index in [9.17, 15) is 4.79 Å². The third-order valence-electron chi connectivity index (χ3n) is 3.51. The van der Waals surface area contributed by atoms with Gasteiger partial charge in [-0.3, -0.25) is 0 Å². The Kier molecular flexibility index (Phi) is 4.99. The van der Waals surface area contributed by atoms with Crippen LogP contribution in [-0.2, 0) is 16.1 Å². The van der Waals surface area contributed by atoms with Crippen LogP contribution in [0.3, 0.4) is 0 Å². The van der Waals surface area contributed by atoms with Gasteiger partial charge in [0.25, 0.3) is 0 Å². The number of fused-ring (bicyclic) bond motifs is 1. The van der Waals surface area contributed by atoms with Crippen LogP contribution in [0.5, 0.6) is 11.5 Å². The maximum atomic E-state index is 11.9. The Morgan fingerprint density at radius 1 is 1.16 bits per heavy atom. The Bertz CT molecular complexity index is 880. The lowest BCUT2D eigenvalue weighted by atomic mass is 10.1. The van der Waals surface area contributed by atoms with Crippen molar-refractivity contribution in [2.24, 2.45) is 0 Å². The zero-order chi connectivity index (χ0) is 17.6. The fraction of sp³-hybridized carbons (Fsp3) is 0.158. The Morgan fingerprint density at radius 3 is 2.76 bits per heavy atom. The predicted molar refractivity (Wildman–Crippen MR) is 92.4 cm³/mol. The number of benzene rings is 2. The molecule has 0 saturated carbocycles. The van der Waals surface area contributed by atoms with E-state index in [0.717, 1.165) is 5.52 Å². The Hall–Kier alpha value is -3.28. The van der Waals surface area contributed by atoms with Gasteiger partial charge in [0, 0.05) is 11.6 Å². The highest BCUT2D eigenvalue weighted by molar-refractivity contribution is 5.87. The molecule has 0 unspecified atom stereocenters. The molecule has 2 aromatic carbocycles. The molecule has 0 amide bonds.